The Balaban J connectivity index is 2.08. The van der Waals surface area contributed by atoms with Gasteiger partial charge in [0.05, 0.1) is 5.39 Å². The van der Waals surface area contributed by atoms with E-state index in [0.29, 0.717) is 22.2 Å². The number of halogens is 2. The van der Waals surface area contributed by atoms with Gasteiger partial charge in [-0.25, -0.2) is 14.4 Å². The Morgan fingerprint density at radius 1 is 0.947 bits per heavy atom. The van der Waals surface area contributed by atoms with Crippen molar-refractivity contribution < 1.29 is 9.13 Å². The summed E-state index contributed by atoms with van der Waals surface area (Å²) in [6.45, 7) is 0. The van der Waals surface area contributed by atoms with Crippen LogP contribution in [0.1, 0.15) is 0 Å². The van der Waals surface area contributed by atoms with Crippen LogP contribution in [0.5, 0.6) is 11.6 Å². The Labute approximate surface area is 113 Å². The highest BCUT2D eigenvalue weighted by Crippen LogP contribution is 2.31. The SMILES string of the molecule is Fc1ccc(Oc2nccc3ccnc(Cl)c23)cc1. The molecule has 2 heterocycles. The molecule has 5 heteroatoms. The molecule has 3 nitrogen and oxygen atoms in total. The monoisotopic (exact) mass is 274 g/mol. The maximum absolute atomic E-state index is 12.8. The van der Waals surface area contributed by atoms with Crippen LogP contribution in [0, 0.1) is 5.82 Å². The summed E-state index contributed by atoms with van der Waals surface area (Å²) in [4.78, 5) is 8.15. The van der Waals surface area contributed by atoms with E-state index in [1.807, 2.05) is 12.1 Å². The number of benzene rings is 1. The predicted octanol–water partition coefficient (Wildman–Crippen LogP) is 4.21. The minimum atomic E-state index is -0.321. The van der Waals surface area contributed by atoms with Crippen molar-refractivity contribution in [3.05, 3.63) is 59.8 Å². The fourth-order valence-electron chi connectivity index (χ4n) is 1.74. The van der Waals surface area contributed by atoms with Crippen molar-refractivity contribution in [3.8, 4) is 11.6 Å². The molecule has 0 fully saturated rings. The van der Waals surface area contributed by atoms with Crippen molar-refractivity contribution >= 4 is 22.4 Å². The third-order valence-corrected chi connectivity index (χ3v) is 2.91. The molecule has 2 aromatic heterocycles. The third-order valence-electron chi connectivity index (χ3n) is 2.62. The minimum absolute atomic E-state index is 0.321. The van der Waals surface area contributed by atoms with E-state index in [-0.39, 0.29) is 5.82 Å². The van der Waals surface area contributed by atoms with Gasteiger partial charge in [-0.05, 0) is 41.8 Å². The molecule has 0 bridgehead atoms. The van der Waals surface area contributed by atoms with Gasteiger partial charge in [0.25, 0.3) is 0 Å². The van der Waals surface area contributed by atoms with Crippen LogP contribution >= 0.6 is 11.6 Å². The van der Waals surface area contributed by atoms with Gasteiger partial charge in [-0.15, -0.1) is 0 Å². The molecule has 19 heavy (non-hydrogen) atoms. The fraction of sp³-hybridized carbons (Fsp3) is 0. The molecule has 1 aromatic carbocycles. The molecule has 0 N–H and O–H groups in total. The van der Waals surface area contributed by atoms with Crippen LogP contribution < -0.4 is 4.74 Å². The topological polar surface area (TPSA) is 35.0 Å². The average Bonchev–Trinajstić information content (AvgIpc) is 2.42. The van der Waals surface area contributed by atoms with E-state index < -0.39 is 0 Å². The smallest absolute Gasteiger partial charge is 0.230 e. The maximum atomic E-state index is 12.8. The standard InChI is InChI=1S/C14H8ClFN2O/c15-13-12-9(5-7-17-13)6-8-18-14(12)19-11-3-1-10(16)2-4-11/h1-8H. The van der Waals surface area contributed by atoms with Crippen LogP contribution in [0.2, 0.25) is 5.15 Å². The molecular weight excluding hydrogens is 267 g/mol. The molecular formula is C14H8ClFN2O. The highest BCUT2D eigenvalue weighted by molar-refractivity contribution is 6.34. The van der Waals surface area contributed by atoms with E-state index in [0.717, 1.165) is 5.39 Å². The van der Waals surface area contributed by atoms with Gasteiger partial charge < -0.3 is 4.74 Å². The van der Waals surface area contributed by atoms with Crippen molar-refractivity contribution in [2.24, 2.45) is 0 Å². The molecule has 0 aliphatic heterocycles. The van der Waals surface area contributed by atoms with Gasteiger partial charge in [0.15, 0.2) is 0 Å². The van der Waals surface area contributed by atoms with Crippen molar-refractivity contribution in [2.75, 3.05) is 0 Å². The Bertz CT molecular complexity index is 726. The summed E-state index contributed by atoms with van der Waals surface area (Å²) < 4.78 is 18.5. The molecule has 0 atom stereocenters. The van der Waals surface area contributed by atoms with Gasteiger partial charge in [0.1, 0.15) is 16.7 Å². The van der Waals surface area contributed by atoms with Crippen LogP contribution in [0.4, 0.5) is 4.39 Å². The largest absolute Gasteiger partial charge is 0.438 e. The summed E-state index contributed by atoms with van der Waals surface area (Å²) in [6.07, 6.45) is 3.24. The van der Waals surface area contributed by atoms with E-state index in [2.05, 4.69) is 9.97 Å². The summed E-state index contributed by atoms with van der Waals surface area (Å²) in [5, 5.41) is 1.84. The molecule has 0 unspecified atom stereocenters. The molecule has 0 radical (unpaired) electrons. The normalized spacial score (nSPS) is 10.6. The molecule has 3 rings (SSSR count). The first kappa shape index (κ1) is 11.9. The Hall–Kier alpha value is -2.20. The molecule has 0 saturated heterocycles. The van der Waals surface area contributed by atoms with Crippen molar-refractivity contribution in [3.63, 3.8) is 0 Å². The summed E-state index contributed by atoms with van der Waals surface area (Å²) in [6, 6.07) is 9.34. The van der Waals surface area contributed by atoms with Crippen LogP contribution in [-0.2, 0) is 0 Å². The van der Waals surface area contributed by atoms with Crippen LogP contribution in [-0.4, -0.2) is 9.97 Å². The Morgan fingerprint density at radius 2 is 1.63 bits per heavy atom. The number of rotatable bonds is 2. The van der Waals surface area contributed by atoms with Crippen molar-refractivity contribution in [1.29, 1.82) is 0 Å². The first-order valence-electron chi connectivity index (χ1n) is 5.57. The number of aromatic nitrogens is 2. The average molecular weight is 275 g/mol. The second-order valence-corrected chi connectivity index (χ2v) is 4.23. The van der Waals surface area contributed by atoms with Crippen molar-refractivity contribution in [2.45, 2.75) is 0 Å². The number of hydrogen-bond acceptors (Lipinski definition) is 3. The lowest BCUT2D eigenvalue weighted by atomic mass is 10.2. The van der Waals surface area contributed by atoms with Crippen LogP contribution in [0.15, 0.2) is 48.8 Å². The highest BCUT2D eigenvalue weighted by Gasteiger charge is 2.09. The number of hydrogen-bond donors (Lipinski definition) is 0. The second kappa shape index (κ2) is 4.82. The van der Waals surface area contributed by atoms with Gasteiger partial charge in [0.2, 0.25) is 5.88 Å². The van der Waals surface area contributed by atoms with Crippen LogP contribution in [0.25, 0.3) is 10.8 Å². The first-order chi connectivity index (χ1) is 9.24. The number of pyridine rings is 2. The van der Waals surface area contributed by atoms with Gasteiger partial charge in [0, 0.05) is 12.4 Å². The predicted molar refractivity (Wildman–Crippen MR) is 71.0 cm³/mol. The number of fused-ring (bicyclic) bond motifs is 1. The number of nitrogens with zero attached hydrogens (tertiary/aromatic N) is 2. The zero-order chi connectivity index (χ0) is 13.2. The zero-order valence-corrected chi connectivity index (χ0v) is 10.4. The second-order valence-electron chi connectivity index (χ2n) is 3.87. The molecule has 0 aliphatic rings. The molecule has 0 spiro atoms. The fourth-order valence-corrected chi connectivity index (χ4v) is 1.99. The summed E-state index contributed by atoms with van der Waals surface area (Å²) in [7, 11) is 0. The molecule has 94 valence electrons. The molecule has 3 aromatic rings. The van der Waals surface area contributed by atoms with E-state index in [4.69, 9.17) is 16.3 Å². The Kier molecular flexibility index (Phi) is 3.01. The highest BCUT2D eigenvalue weighted by atomic mass is 35.5. The molecule has 0 aliphatic carbocycles. The van der Waals surface area contributed by atoms with E-state index in [1.165, 1.54) is 24.3 Å². The van der Waals surface area contributed by atoms with Gasteiger partial charge in [-0.2, -0.15) is 0 Å². The van der Waals surface area contributed by atoms with Crippen molar-refractivity contribution in [1.82, 2.24) is 9.97 Å². The number of ether oxygens (including phenoxy) is 1. The lowest BCUT2D eigenvalue weighted by molar-refractivity contribution is 0.467. The van der Waals surface area contributed by atoms with Gasteiger partial charge in [-0.1, -0.05) is 11.6 Å². The Morgan fingerprint density at radius 3 is 2.37 bits per heavy atom. The summed E-state index contributed by atoms with van der Waals surface area (Å²) >= 11 is 6.06. The minimum Gasteiger partial charge on any atom is -0.438 e. The van der Waals surface area contributed by atoms with Gasteiger partial charge in [-0.3, -0.25) is 0 Å². The molecule has 0 amide bonds. The van der Waals surface area contributed by atoms with E-state index in [9.17, 15) is 4.39 Å². The summed E-state index contributed by atoms with van der Waals surface area (Å²) in [5.74, 6) is 0.515. The maximum Gasteiger partial charge on any atom is 0.230 e. The van der Waals surface area contributed by atoms with E-state index in [1.54, 1.807) is 12.4 Å². The summed E-state index contributed by atoms with van der Waals surface area (Å²) in [5.41, 5.74) is 0. The zero-order valence-electron chi connectivity index (χ0n) is 9.68. The third kappa shape index (κ3) is 2.35. The van der Waals surface area contributed by atoms with Crippen LogP contribution in [0.3, 0.4) is 0 Å². The van der Waals surface area contributed by atoms with E-state index >= 15 is 0 Å². The molecule has 0 saturated carbocycles. The lowest BCUT2D eigenvalue weighted by Crippen LogP contribution is -1.91. The van der Waals surface area contributed by atoms with Gasteiger partial charge >= 0.3 is 0 Å². The quantitative estimate of drug-likeness (QED) is 0.657. The first-order valence-corrected chi connectivity index (χ1v) is 5.94. The lowest BCUT2D eigenvalue weighted by Gasteiger charge is -2.08.